The van der Waals surface area contributed by atoms with Gasteiger partial charge in [-0.1, -0.05) is 24.8 Å². The van der Waals surface area contributed by atoms with Crippen LogP contribution < -0.4 is 5.32 Å². The summed E-state index contributed by atoms with van der Waals surface area (Å²) in [4.78, 5) is 26.7. The average Bonchev–Trinajstić information content (AvgIpc) is 2.89. The van der Waals surface area contributed by atoms with Crippen LogP contribution in [-0.2, 0) is 20.7 Å². The number of ether oxygens (including phenoxy) is 1. The molecule has 2 rings (SSSR count). The molecule has 1 heterocycles. The number of rotatable bonds is 5. The fourth-order valence-corrected chi connectivity index (χ4v) is 2.14. The number of fused-ring (bicyclic) bond motifs is 1. The van der Waals surface area contributed by atoms with Crippen molar-refractivity contribution in [3.63, 3.8) is 0 Å². The summed E-state index contributed by atoms with van der Waals surface area (Å²) in [6, 6.07) is 7.05. The number of nitrogens with one attached hydrogen (secondary N) is 2. The van der Waals surface area contributed by atoms with Crippen LogP contribution in [-0.4, -0.2) is 30.0 Å². The van der Waals surface area contributed by atoms with Crippen LogP contribution in [0.3, 0.4) is 0 Å². The van der Waals surface area contributed by atoms with E-state index in [0.717, 1.165) is 16.5 Å². The second kappa shape index (κ2) is 6.26. The van der Waals surface area contributed by atoms with Gasteiger partial charge in [0.15, 0.2) is 0 Å². The zero-order valence-electron chi connectivity index (χ0n) is 12.1. The van der Waals surface area contributed by atoms with Gasteiger partial charge in [0, 0.05) is 29.1 Å². The van der Waals surface area contributed by atoms with Crippen LogP contribution in [0, 0.1) is 0 Å². The lowest BCUT2D eigenvalue weighted by Gasteiger charge is -2.16. The maximum Gasteiger partial charge on any atom is 0.328 e. The number of para-hydroxylation sites is 1. The largest absolute Gasteiger partial charge is 0.467 e. The first-order valence-electron chi connectivity index (χ1n) is 6.62. The number of methoxy groups -OCH3 is 1. The summed E-state index contributed by atoms with van der Waals surface area (Å²) in [5.41, 5.74) is 2.29. The Balaban J connectivity index is 2.24. The van der Waals surface area contributed by atoms with Crippen LogP contribution in [0.25, 0.3) is 10.9 Å². The number of amides is 1. The molecule has 0 radical (unpaired) electrons. The SMILES string of the molecule is C=C(C)C(=O)N[C@@H](Cc1c[nH]c2ccccc12)C(=O)OC. The second-order valence-corrected chi connectivity index (χ2v) is 4.89. The molecule has 110 valence electrons. The van der Waals surface area contributed by atoms with Crippen molar-refractivity contribution in [3.8, 4) is 0 Å². The molecule has 0 fully saturated rings. The summed E-state index contributed by atoms with van der Waals surface area (Å²) >= 11 is 0. The lowest BCUT2D eigenvalue weighted by Crippen LogP contribution is -2.43. The van der Waals surface area contributed by atoms with Gasteiger partial charge in [-0.25, -0.2) is 4.79 Å². The minimum absolute atomic E-state index is 0.350. The number of hydrogen-bond acceptors (Lipinski definition) is 3. The third-order valence-corrected chi connectivity index (χ3v) is 3.28. The Morgan fingerprint density at radius 2 is 2.10 bits per heavy atom. The van der Waals surface area contributed by atoms with Crippen molar-refractivity contribution >= 4 is 22.8 Å². The third-order valence-electron chi connectivity index (χ3n) is 3.28. The highest BCUT2D eigenvalue weighted by Gasteiger charge is 2.23. The Bertz CT molecular complexity index is 688. The number of aromatic amines is 1. The topological polar surface area (TPSA) is 71.2 Å². The Labute approximate surface area is 123 Å². The summed E-state index contributed by atoms with van der Waals surface area (Å²) in [6.07, 6.45) is 2.20. The van der Waals surface area contributed by atoms with Crippen LogP contribution in [0.15, 0.2) is 42.6 Å². The molecule has 0 unspecified atom stereocenters. The first-order valence-corrected chi connectivity index (χ1v) is 6.62. The molecule has 0 bridgehead atoms. The summed E-state index contributed by atoms with van der Waals surface area (Å²) in [5.74, 6) is -0.833. The molecule has 0 aliphatic heterocycles. The van der Waals surface area contributed by atoms with Crippen LogP contribution in [0.1, 0.15) is 12.5 Å². The standard InChI is InChI=1S/C16H18N2O3/c1-10(2)15(19)18-14(16(20)21-3)8-11-9-17-13-7-5-4-6-12(11)13/h4-7,9,14,17H,1,8H2,2-3H3,(H,18,19)/t14-/m0/s1. The first-order chi connectivity index (χ1) is 10.0. The Hall–Kier alpha value is -2.56. The molecule has 1 aromatic carbocycles. The van der Waals surface area contributed by atoms with Crippen LogP contribution in [0.4, 0.5) is 0 Å². The molecule has 1 aromatic heterocycles. The zero-order valence-corrected chi connectivity index (χ0v) is 12.1. The van der Waals surface area contributed by atoms with Gasteiger partial charge in [0.1, 0.15) is 6.04 Å². The Kier molecular flexibility index (Phi) is 4.42. The van der Waals surface area contributed by atoms with Crippen molar-refractivity contribution in [2.75, 3.05) is 7.11 Å². The van der Waals surface area contributed by atoms with E-state index in [-0.39, 0.29) is 5.91 Å². The van der Waals surface area contributed by atoms with Gasteiger partial charge in [-0.05, 0) is 18.6 Å². The molecule has 0 aliphatic rings. The minimum atomic E-state index is -0.738. The number of benzene rings is 1. The van der Waals surface area contributed by atoms with Gasteiger partial charge in [0.25, 0.3) is 0 Å². The number of aromatic nitrogens is 1. The Morgan fingerprint density at radius 1 is 1.38 bits per heavy atom. The molecular formula is C16H18N2O3. The van der Waals surface area contributed by atoms with E-state index in [2.05, 4.69) is 16.9 Å². The molecule has 2 N–H and O–H groups in total. The van der Waals surface area contributed by atoms with Gasteiger partial charge in [-0.3, -0.25) is 4.79 Å². The molecule has 0 aliphatic carbocycles. The highest BCUT2D eigenvalue weighted by Crippen LogP contribution is 2.19. The van der Waals surface area contributed by atoms with Gasteiger partial charge in [0.05, 0.1) is 7.11 Å². The summed E-state index contributed by atoms with van der Waals surface area (Å²) < 4.78 is 4.76. The number of carbonyl (C=O) groups excluding carboxylic acids is 2. The first kappa shape index (κ1) is 14.8. The fraction of sp³-hybridized carbons (Fsp3) is 0.250. The second-order valence-electron chi connectivity index (χ2n) is 4.89. The fourth-order valence-electron chi connectivity index (χ4n) is 2.14. The molecular weight excluding hydrogens is 268 g/mol. The number of carbonyl (C=O) groups is 2. The van der Waals surface area contributed by atoms with Gasteiger partial charge in [-0.2, -0.15) is 0 Å². The highest BCUT2D eigenvalue weighted by atomic mass is 16.5. The van der Waals surface area contributed by atoms with Gasteiger partial charge in [0.2, 0.25) is 5.91 Å². The predicted octanol–water partition coefficient (Wildman–Crippen LogP) is 1.94. The predicted molar refractivity (Wildman–Crippen MR) is 80.8 cm³/mol. The van der Waals surface area contributed by atoms with E-state index in [1.165, 1.54) is 7.11 Å². The molecule has 0 saturated carbocycles. The van der Waals surface area contributed by atoms with Crippen LogP contribution in [0.2, 0.25) is 0 Å². The number of esters is 1. The Morgan fingerprint density at radius 3 is 2.76 bits per heavy atom. The van der Waals surface area contributed by atoms with E-state index in [1.54, 1.807) is 6.92 Å². The van der Waals surface area contributed by atoms with E-state index in [9.17, 15) is 9.59 Å². The van der Waals surface area contributed by atoms with E-state index in [4.69, 9.17) is 4.74 Å². The van der Waals surface area contributed by atoms with E-state index in [0.29, 0.717) is 12.0 Å². The molecule has 5 heteroatoms. The molecule has 2 aromatic rings. The summed E-state index contributed by atoms with van der Waals surface area (Å²) in [7, 11) is 1.30. The van der Waals surface area contributed by atoms with Gasteiger partial charge in [-0.15, -0.1) is 0 Å². The summed E-state index contributed by atoms with van der Waals surface area (Å²) in [5, 5.41) is 3.67. The molecule has 0 spiro atoms. The van der Waals surface area contributed by atoms with E-state index < -0.39 is 12.0 Å². The van der Waals surface area contributed by atoms with Crippen molar-refractivity contribution < 1.29 is 14.3 Å². The third kappa shape index (κ3) is 3.31. The van der Waals surface area contributed by atoms with Crippen molar-refractivity contribution in [1.82, 2.24) is 10.3 Å². The zero-order chi connectivity index (χ0) is 15.4. The lowest BCUT2D eigenvalue weighted by atomic mass is 10.0. The monoisotopic (exact) mass is 286 g/mol. The van der Waals surface area contributed by atoms with Crippen molar-refractivity contribution in [2.45, 2.75) is 19.4 Å². The normalized spacial score (nSPS) is 11.9. The van der Waals surface area contributed by atoms with Gasteiger partial charge >= 0.3 is 5.97 Å². The molecule has 1 atom stereocenters. The minimum Gasteiger partial charge on any atom is -0.467 e. The highest BCUT2D eigenvalue weighted by molar-refractivity contribution is 5.95. The number of hydrogen-bond donors (Lipinski definition) is 2. The van der Waals surface area contributed by atoms with Crippen molar-refractivity contribution in [1.29, 1.82) is 0 Å². The van der Waals surface area contributed by atoms with Crippen LogP contribution >= 0.6 is 0 Å². The lowest BCUT2D eigenvalue weighted by molar-refractivity contribution is -0.144. The maximum atomic E-state index is 11.9. The maximum absolute atomic E-state index is 11.9. The van der Waals surface area contributed by atoms with E-state index >= 15 is 0 Å². The average molecular weight is 286 g/mol. The van der Waals surface area contributed by atoms with Crippen molar-refractivity contribution in [3.05, 3.63) is 48.2 Å². The smallest absolute Gasteiger partial charge is 0.328 e. The quantitative estimate of drug-likeness (QED) is 0.652. The van der Waals surface area contributed by atoms with Crippen LogP contribution in [0.5, 0.6) is 0 Å². The van der Waals surface area contributed by atoms with Gasteiger partial charge < -0.3 is 15.0 Å². The molecule has 21 heavy (non-hydrogen) atoms. The van der Waals surface area contributed by atoms with Crippen molar-refractivity contribution in [2.24, 2.45) is 0 Å². The molecule has 1 amide bonds. The van der Waals surface area contributed by atoms with E-state index in [1.807, 2.05) is 30.5 Å². The molecule has 5 nitrogen and oxygen atoms in total. The molecule has 0 saturated heterocycles. The number of H-pyrrole nitrogens is 1. The summed E-state index contributed by atoms with van der Waals surface area (Å²) in [6.45, 7) is 5.16.